The number of carbonyl (C=O) groups excluding carboxylic acids is 1. The Bertz CT molecular complexity index is 360. The fourth-order valence-corrected chi connectivity index (χ4v) is 2.50. The van der Waals surface area contributed by atoms with Gasteiger partial charge < -0.3 is 10.1 Å². The van der Waals surface area contributed by atoms with Crippen molar-refractivity contribution in [3.8, 4) is 0 Å². The number of allylic oxidation sites excluding steroid dienone is 2. The van der Waals surface area contributed by atoms with Crippen molar-refractivity contribution in [1.29, 1.82) is 0 Å². The molecule has 0 radical (unpaired) electrons. The van der Waals surface area contributed by atoms with Gasteiger partial charge in [-0.15, -0.1) is 0 Å². The molecular weight excluding hydrogens is 262 g/mol. The SMILES string of the molecule is C=C(CC(C)OC1CC/C=C/CCC1)C(=O)NCC(C)C. The average Bonchev–Trinajstić information content (AvgIpc) is 2.38. The first-order valence-electron chi connectivity index (χ1n) is 8.25. The van der Waals surface area contributed by atoms with E-state index in [1.165, 1.54) is 6.42 Å². The van der Waals surface area contributed by atoms with Gasteiger partial charge in [-0.1, -0.05) is 32.6 Å². The third-order valence-corrected chi connectivity index (χ3v) is 3.67. The van der Waals surface area contributed by atoms with E-state index in [0.717, 1.165) is 25.7 Å². The standard InChI is InChI=1S/C18H31NO2/c1-14(2)13-19-18(20)15(3)12-16(4)21-17-10-8-6-5-7-9-11-17/h5-6,14,16-17H,3,7-13H2,1-2,4H3,(H,19,20)/b6-5+. The van der Waals surface area contributed by atoms with Crippen molar-refractivity contribution in [3.63, 3.8) is 0 Å². The lowest BCUT2D eigenvalue weighted by Crippen LogP contribution is -2.30. The molecule has 0 fully saturated rings. The van der Waals surface area contributed by atoms with Gasteiger partial charge in [0, 0.05) is 18.5 Å². The molecule has 2 atom stereocenters. The molecule has 3 heteroatoms. The molecule has 0 aromatic carbocycles. The maximum absolute atomic E-state index is 11.9. The highest BCUT2D eigenvalue weighted by Gasteiger charge is 2.17. The normalized spacial score (nSPS) is 22.2. The molecule has 120 valence electrons. The molecule has 0 aromatic rings. The Morgan fingerprint density at radius 2 is 2.00 bits per heavy atom. The molecule has 1 aliphatic rings. The molecule has 1 rings (SSSR count). The number of carbonyl (C=O) groups is 1. The molecule has 0 bridgehead atoms. The van der Waals surface area contributed by atoms with Crippen LogP contribution < -0.4 is 5.32 Å². The summed E-state index contributed by atoms with van der Waals surface area (Å²) in [6, 6.07) is 0. The van der Waals surface area contributed by atoms with Crippen LogP contribution in [0.3, 0.4) is 0 Å². The van der Waals surface area contributed by atoms with Gasteiger partial charge in [0.25, 0.3) is 0 Å². The smallest absolute Gasteiger partial charge is 0.246 e. The summed E-state index contributed by atoms with van der Waals surface area (Å²) < 4.78 is 6.10. The monoisotopic (exact) mass is 293 g/mol. The van der Waals surface area contributed by atoms with Crippen LogP contribution in [-0.4, -0.2) is 24.7 Å². The number of rotatable bonds is 7. The van der Waals surface area contributed by atoms with Crippen LogP contribution in [0.1, 0.15) is 59.3 Å². The molecule has 3 nitrogen and oxygen atoms in total. The van der Waals surface area contributed by atoms with Crippen LogP contribution in [0.4, 0.5) is 0 Å². The summed E-state index contributed by atoms with van der Waals surface area (Å²) in [4.78, 5) is 11.9. The first-order valence-corrected chi connectivity index (χ1v) is 8.25. The fourth-order valence-electron chi connectivity index (χ4n) is 2.50. The van der Waals surface area contributed by atoms with Crippen molar-refractivity contribution in [2.45, 2.75) is 71.5 Å². The van der Waals surface area contributed by atoms with E-state index in [4.69, 9.17) is 4.74 Å². The third-order valence-electron chi connectivity index (χ3n) is 3.67. The van der Waals surface area contributed by atoms with Gasteiger partial charge in [-0.2, -0.15) is 0 Å². The predicted molar refractivity (Wildman–Crippen MR) is 88.2 cm³/mol. The lowest BCUT2D eigenvalue weighted by atomic mass is 10.0. The van der Waals surface area contributed by atoms with Gasteiger partial charge in [-0.05, 0) is 44.9 Å². The van der Waals surface area contributed by atoms with Crippen LogP contribution in [0.25, 0.3) is 0 Å². The molecule has 1 N–H and O–H groups in total. The molecular formula is C18H31NO2. The predicted octanol–water partition coefficient (Wildman–Crippen LogP) is 4.00. The minimum atomic E-state index is -0.0419. The van der Waals surface area contributed by atoms with E-state index in [1.54, 1.807) is 0 Å². The van der Waals surface area contributed by atoms with Gasteiger partial charge in [0.1, 0.15) is 0 Å². The van der Waals surface area contributed by atoms with E-state index >= 15 is 0 Å². The Labute approximate surface area is 129 Å². The summed E-state index contributed by atoms with van der Waals surface area (Å²) in [6.07, 6.45) is 11.1. The highest BCUT2D eigenvalue weighted by atomic mass is 16.5. The zero-order chi connectivity index (χ0) is 15.7. The number of ether oxygens (including phenoxy) is 1. The van der Waals surface area contributed by atoms with Gasteiger partial charge in [0.2, 0.25) is 5.91 Å². The van der Waals surface area contributed by atoms with Crippen molar-refractivity contribution < 1.29 is 9.53 Å². The van der Waals surface area contributed by atoms with Crippen LogP contribution >= 0.6 is 0 Å². The molecule has 21 heavy (non-hydrogen) atoms. The van der Waals surface area contributed by atoms with Gasteiger partial charge in [-0.25, -0.2) is 0 Å². The number of amides is 1. The van der Waals surface area contributed by atoms with E-state index in [-0.39, 0.29) is 12.0 Å². The maximum atomic E-state index is 11.9. The molecule has 0 aliphatic heterocycles. The largest absolute Gasteiger partial charge is 0.375 e. The Hall–Kier alpha value is -1.09. The summed E-state index contributed by atoms with van der Waals surface area (Å²) in [5.74, 6) is 0.415. The molecule has 1 amide bonds. The topological polar surface area (TPSA) is 38.3 Å². The Balaban J connectivity index is 2.31. The lowest BCUT2D eigenvalue weighted by Gasteiger charge is -2.23. The molecule has 0 saturated heterocycles. The lowest BCUT2D eigenvalue weighted by molar-refractivity contribution is -0.118. The van der Waals surface area contributed by atoms with Crippen molar-refractivity contribution in [3.05, 3.63) is 24.3 Å². The molecule has 1 aliphatic carbocycles. The molecule has 0 heterocycles. The zero-order valence-electron chi connectivity index (χ0n) is 13.9. The minimum Gasteiger partial charge on any atom is -0.375 e. The quantitative estimate of drug-likeness (QED) is 0.569. The van der Waals surface area contributed by atoms with Gasteiger partial charge in [0.15, 0.2) is 0 Å². The molecule has 0 saturated carbocycles. The van der Waals surface area contributed by atoms with E-state index in [2.05, 4.69) is 37.9 Å². The van der Waals surface area contributed by atoms with Gasteiger partial charge in [-0.3, -0.25) is 4.79 Å². The summed E-state index contributed by atoms with van der Waals surface area (Å²) in [7, 11) is 0. The van der Waals surface area contributed by atoms with E-state index < -0.39 is 0 Å². The second-order valence-electron chi connectivity index (χ2n) is 6.46. The summed E-state index contributed by atoms with van der Waals surface area (Å²) in [5.41, 5.74) is 0.619. The highest BCUT2D eigenvalue weighted by molar-refractivity contribution is 5.92. The third kappa shape index (κ3) is 8.05. The summed E-state index contributed by atoms with van der Waals surface area (Å²) in [5, 5.41) is 2.91. The summed E-state index contributed by atoms with van der Waals surface area (Å²) in [6.45, 7) is 10.8. The van der Waals surface area contributed by atoms with Gasteiger partial charge >= 0.3 is 0 Å². The van der Waals surface area contributed by atoms with Gasteiger partial charge in [0.05, 0.1) is 12.2 Å². The van der Waals surface area contributed by atoms with Crippen molar-refractivity contribution in [2.24, 2.45) is 5.92 Å². The Morgan fingerprint density at radius 1 is 1.29 bits per heavy atom. The Kier molecular flexibility index (Phi) is 8.36. The summed E-state index contributed by atoms with van der Waals surface area (Å²) >= 11 is 0. The number of hydrogen-bond acceptors (Lipinski definition) is 2. The molecule has 0 spiro atoms. The Morgan fingerprint density at radius 3 is 2.71 bits per heavy atom. The van der Waals surface area contributed by atoms with Crippen LogP contribution in [0.5, 0.6) is 0 Å². The van der Waals surface area contributed by atoms with E-state index in [9.17, 15) is 4.79 Å². The number of hydrogen-bond donors (Lipinski definition) is 1. The van der Waals surface area contributed by atoms with E-state index in [1.807, 2.05) is 6.92 Å². The van der Waals surface area contributed by atoms with Crippen molar-refractivity contribution >= 4 is 5.91 Å². The van der Waals surface area contributed by atoms with Crippen molar-refractivity contribution in [1.82, 2.24) is 5.32 Å². The van der Waals surface area contributed by atoms with E-state index in [0.29, 0.717) is 30.6 Å². The van der Waals surface area contributed by atoms with Crippen LogP contribution in [-0.2, 0) is 9.53 Å². The van der Waals surface area contributed by atoms with Crippen LogP contribution in [0.2, 0.25) is 0 Å². The first kappa shape index (κ1) is 18.0. The van der Waals surface area contributed by atoms with Crippen LogP contribution in [0, 0.1) is 5.92 Å². The van der Waals surface area contributed by atoms with Crippen LogP contribution in [0.15, 0.2) is 24.3 Å². The zero-order valence-corrected chi connectivity index (χ0v) is 13.9. The van der Waals surface area contributed by atoms with Crippen molar-refractivity contribution in [2.75, 3.05) is 6.54 Å². The minimum absolute atomic E-state index is 0.0419. The maximum Gasteiger partial charge on any atom is 0.246 e. The molecule has 0 aromatic heterocycles. The second kappa shape index (κ2) is 9.78. The molecule has 2 unspecified atom stereocenters. The highest BCUT2D eigenvalue weighted by Crippen LogP contribution is 2.19. The number of nitrogens with one attached hydrogen (secondary N) is 1. The average molecular weight is 293 g/mol. The first-order chi connectivity index (χ1) is 9.99. The fraction of sp³-hybridized carbons (Fsp3) is 0.722. The second-order valence-corrected chi connectivity index (χ2v) is 6.46.